The van der Waals surface area contributed by atoms with Crippen LogP contribution in [0, 0.1) is 0 Å². The van der Waals surface area contributed by atoms with Crippen LogP contribution in [0.15, 0.2) is 146 Å². The molecule has 0 amide bonds. The Kier molecular flexibility index (Phi) is 5.88. The molecule has 0 unspecified atom stereocenters. The average Bonchev–Trinajstić information content (AvgIpc) is 3.77. The van der Waals surface area contributed by atoms with Gasteiger partial charge in [0.25, 0.3) is 0 Å². The Bertz CT molecular complexity index is 3310. The molecule has 0 aliphatic heterocycles. The number of aromatic nitrogens is 4. The molecule has 55 heavy (non-hydrogen) atoms. The fourth-order valence-corrected chi connectivity index (χ4v) is 10.3. The van der Waals surface area contributed by atoms with Crippen LogP contribution in [-0.4, -0.2) is 19.7 Å². The van der Waals surface area contributed by atoms with E-state index < -0.39 is 0 Å². The number of fused-ring (bicyclic) bond motifs is 16. The molecule has 0 N–H and O–H groups in total. The summed E-state index contributed by atoms with van der Waals surface area (Å²) in [7, 11) is 0. The van der Waals surface area contributed by atoms with Crippen LogP contribution >= 0.6 is 0 Å². The Labute approximate surface area is 318 Å². The lowest BCUT2D eigenvalue weighted by Gasteiger charge is -2.25. The van der Waals surface area contributed by atoms with Gasteiger partial charge in [-0.25, -0.2) is 4.98 Å². The minimum atomic E-state index is -0.226. The molecule has 0 radical (unpaired) electrons. The summed E-state index contributed by atoms with van der Waals surface area (Å²) in [5, 5.41) is 17.2. The lowest BCUT2D eigenvalue weighted by molar-refractivity contribution is 0.661. The first-order chi connectivity index (χ1) is 26.8. The summed E-state index contributed by atoms with van der Waals surface area (Å²) in [5.41, 5.74) is 16.3. The summed E-state index contributed by atoms with van der Waals surface area (Å²) in [6.45, 7) is 9.42. The van der Waals surface area contributed by atoms with E-state index in [4.69, 9.17) is 15.2 Å². The largest absolute Gasteiger partial charge is 0.309 e. The first-order valence-corrected chi connectivity index (χ1v) is 19.2. The lowest BCUT2D eigenvalue weighted by atomic mass is 9.78. The Hall–Kier alpha value is -6.65. The molecule has 0 spiro atoms. The van der Waals surface area contributed by atoms with E-state index in [9.17, 15) is 0 Å². The van der Waals surface area contributed by atoms with E-state index in [0.717, 1.165) is 44.0 Å². The first-order valence-electron chi connectivity index (χ1n) is 19.2. The predicted molar refractivity (Wildman–Crippen MR) is 227 cm³/mol. The Balaban J connectivity index is 1.18. The molecule has 12 rings (SSSR count). The molecule has 260 valence electrons. The van der Waals surface area contributed by atoms with Gasteiger partial charge in [0.15, 0.2) is 5.82 Å². The Morgan fingerprint density at radius 1 is 0.436 bits per heavy atom. The van der Waals surface area contributed by atoms with Crippen molar-refractivity contribution in [2.24, 2.45) is 0 Å². The third-order valence-electron chi connectivity index (χ3n) is 12.9. The van der Waals surface area contributed by atoms with Crippen LogP contribution < -0.4 is 0 Å². The SMILES string of the molecule is CC1(C)c2ccccc2-c2cc3c(cc21)c1ccc2c(c1c1nnc(-c4ccc5c(c4)c4ccccc4n5-c4ccccc4)nc31)C(C)(C)c1ccccc1-2. The van der Waals surface area contributed by atoms with E-state index in [1.807, 2.05) is 0 Å². The molecule has 2 heterocycles. The van der Waals surface area contributed by atoms with E-state index in [0.29, 0.717) is 5.82 Å². The van der Waals surface area contributed by atoms with Crippen LogP contribution in [0.2, 0.25) is 0 Å². The molecule has 0 bridgehead atoms. The summed E-state index contributed by atoms with van der Waals surface area (Å²) >= 11 is 0. The fraction of sp³-hybridized carbons (Fsp3) is 0.118. The van der Waals surface area contributed by atoms with Crippen molar-refractivity contribution in [1.29, 1.82) is 0 Å². The monoisotopic (exact) mass is 704 g/mol. The zero-order chi connectivity index (χ0) is 36.8. The van der Waals surface area contributed by atoms with E-state index in [1.54, 1.807) is 0 Å². The molecule has 10 aromatic rings. The van der Waals surface area contributed by atoms with Crippen molar-refractivity contribution < 1.29 is 0 Å². The molecule has 0 saturated carbocycles. The number of benzene rings is 8. The molecule has 0 atom stereocenters. The van der Waals surface area contributed by atoms with Crippen LogP contribution in [0.25, 0.3) is 93.7 Å². The number of hydrogen-bond donors (Lipinski definition) is 0. The van der Waals surface area contributed by atoms with Crippen molar-refractivity contribution in [2.45, 2.75) is 38.5 Å². The van der Waals surface area contributed by atoms with Gasteiger partial charge < -0.3 is 4.57 Å². The summed E-state index contributed by atoms with van der Waals surface area (Å²) in [6, 6.07) is 53.1. The van der Waals surface area contributed by atoms with Crippen LogP contribution in [0.3, 0.4) is 0 Å². The molecule has 4 heteroatoms. The van der Waals surface area contributed by atoms with Gasteiger partial charge in [-0.15, -0.1) is 10.2 Å². The molecular weight excluding hydrogens is 669 g/mol. The normalized spacial score (nSPS) is 14.8. The third-order valence-corrected chi connectivity index (χ3v) is 12.9. The van der Waals surface area contributed by atoms with Crippen molar-refractivity contribution in [3.63, 3.8) is 0 Å². The van der Waals surface area contributed by atoms with Crippen molar-refractivity contribution >= 4 is 54.4 Å². The average molecular weight is 705 g/mol. The molecule has 2 aliphatic carbocycles. The molecule has 4 nitrogen and oxygen atoms in total. The lowest BCUT2D eigenvalue weighted by Crippen LogP contribution is -2.16. The van der Waals surface area contributed by atoms with Gasteiger partial charge in [-0.2, -0.15) is 0 Å². The Morgan fingerprint density at radius 2 is 1.13 bits per heavy atom. The summed E-state index contributed by atoms with van der Waals surface area (Å²) in [5.74, 6) is 0.628. The van der Waals surface area contributed by atoms with Crippen LogP contribution in [0.4, 0.5) is 0 Å². The minimum absolute atomic E-state index is 0.128. The standard InChI is InChI=1S/C51H36N4/c1-50(2)40-19-11-9-17-32(40)37-27-39-36(28-42(37)50)34-23-24-35-31-16-8-12-20-41(31)51(3,4)46(35)45(34)48-47(39)52-49(54-53-48)29-22-25-44-38(26-29)33-18-10-13-21-43(33)55(44)30-14-6-5-7-15-30/h5-28H,1-4H3. The van der Waals surface area contributed by atoms with E-state index >= 15 is 0 Å². The topological polar surface area (TPSA) is 43.6 Å². The van der Waals surface area contributed by atoms with Gasteiger partial charge in [0, 0.05) is 43.6 Å². The maximum atomic E-state index is 5.54. The van der Waals surface area contributed by atoms with Crippen LogP contribution in [-0.2, 0) is 10.8 Å². The minimum Gasteiger partial charge on any atom is -0.309 e. The molecule has 0 saturated heterocycles. The predicted octanol–water partition coefficient (Wildman–Crippen LogP) is 12.7. The molecule has 0 fully saturated rings. The van der Waals surface area contributed by atoms with Gasteiger partial charge >= 0.3 is 0 Å². The maximum Gasteiger partial charge on any atom is 0.182 e. The van der Waals surface area contributed by atoms with Crippen LogP contribution in [0.5, 0.6) is 0 Å². The fourth-order valence-electron chi connectivity index (χ4n) is 10.3. The Morgan fingerprint density at radius 3 is 1.95 bits per heavy atom. The zero-order valence-corrected chi connectivity index (χ0v) is 31.1. The number of nitrogens with zero attached hydrogens (tertiary/aromatic N) is 4. The second-order valence-corrected chi connectivity index (χ2v) is 16.4. The highest BCUT2D eigenvalue weighted by Crippen LogP contribution is 2.55. The van der Waals surface area contributed by atoms with Crippen LogP contribution in [0.1, 0.15) is 49.9 Å². The molecule has 2 aromatic heterocycles. The molecule has 2 aliphatic rings. The molecular formula is C51H36N4. The summed E-state index contributed by atoms with van der Waals surface area (Å²) < 4.78 is 2.34. The number of hydrogen-bond acceptors (Lipinski definition) is 3. The quantitative estimate of drug-likeness (QED) is 0.168. The second-order valence-electron chi connectivity index (χ2n) is 16.4. The zero-order valence-electron chi connectivity index (χ0n) is 31.1. The highest BCUT2D eigenvalue weighted by Gasteiger charge is 2.39. The van der Waals surface area contributed by atoms with Gasteiger partial charge in [0.05, 0.1) is 11.0 Å². The highest BCUT2D eigenvalue weighted by molar-refractivity contribution is 6.26. The third kappa shape index (κ3) is 3.93. The van der Waals surface area contributed by atoms with Gasteiger partial charge in [0.1, 0.15) is 11.0 Å². The van der Waals surface area contributed by atoms with Gasteiger partial charge in [-0.05, 0) is 104 Å². The van der Waals surface area contributed by atoms with Gasteiger partial charge in [-0.3, -0.25) is 0 Å². The molecule has 8 aromatic carbocycles. The van der Waals surface area contributed by atoms with Crippen molar-refractivity contribution in [3.8, 4) is 39.3 Å². The smallest absolute Gasteiger partial charge is 0.182 e. The second kappa shape index (κ2) is 10.5. The van der Waals surface area contributed by atoms with E-state index in [-0.39, 0.29) is 10.8 Å². The van der Waals surface area contributed by atoms with E-state index in [1.165, 1.54) is 66.2 Å². The number of rotatable bonds is 2. The first kappa shape index (κ1) is 30.8. The summed E-state index contributed by atoms with van der Waals surface area (Å²) in [6.07, 6.45) is 0. The highest BCUT2D eigenvalue weighted by atomic mass is 15.2. The van der Waals surface area contributed by atoms with Gasteiger partial charge in [-0.1, -0.05) is 125 Å². The van der Waals surface area contributed by atoms with Crippen molar-refractivity contribution in [2.75, 3.05) is 0 Å². The summed E-state index contributed by atoms with van der Waals surface area (Å²) in [4.78, 5) is 5.54. The van der Waals surface area contributed by atoms with Crippen molar-refractivity contribution in [3.05, 3.63) is 168 Å². The van der Waals surface area contributed by atoms with Crippen molar-refractivity contribution in [1.82, 2.24) is 19.7 Å². The van der Waals surface area contributed by atoms with E-state index in [2.05, 4.69) is 178 Å². The van der Waals surface area contributed by atoms with Gasteiger partial charge in [0.2, 0.25) is 0 Å². The number of para-hydroxylation sites is 2. The maximum absolute atomic E-state index is 5.54.